The molecule has 26 heavy (non-hydrogen) atoms. The summed E-state index contributed by atoms with van der Waals surface area (Å²) in [7, 11) is 5.73. The molecule has 1 aliphatic rings. The maximum absolute atomic E-state index is 11.8. The molecule has 1 aliphatic heterocycles. The Morgan fingerprint density at radius 1 is 1.42 bits per heavy atom. The number of likely N-dealkylation sites (tertiary alicyclic amines) is 1. The van der Waals surface area contributed by atoms with Crippen LogP contribution in [-0.2, 0) is 11.3 Å². The molecule has 8 heteroatoms. The number of carbonyl (C=O) groups excluding carboxylic acids is 1. The molecule has 2 heterocycles. The molecular weight excluding hydrogens is 332 g/mol. The Hall–Kier alpha value is -2.51. The summed E-state index contributed by atoms with van der Waals surface area (Å²) in [5, 5.41) is 6.79. The van der Waals surface area contributed by atoms with Crippen molar-refractivity contribution in [3.8, 4) is 0 Å². The monoisotopic (exact) mass is 362 g/mol. The molecule has 0 saturated carbocycles. The first kappa shape index (κ1) is 19.8. The lowest BCUT2D eigenvalue weighted by atomic mass is 10.1. The maximum atomic E-state index is 11.8. The van der Waals surface area contributed by atoms with Gasteiger partial charge in [0.05, 0.1) is 6.61 Å². The second-order valence-electron chi connectivity index (χ2n) is 6.41. The van der Waals surface area contributed by atoms with Crippen molar-refractivity contribution in [2.45, 2.75) is 32.4 Å². The van der Waals surface area contributed by atoms with Crippen LogP contribution in [0.15, 0.2) is 23.3 Å². The predicted molar refractivity (Wildman–Crippen MR) is 104 cm³/mol. The number of pyridine rings is 1. The minimum Gasteiger partial charge on any atom is -0.450 e. The zero-order valence-corrected chi connectivity index (χ0v) is 16.2. The first-order chi connectivity index (χ1) is 12.5. The number of hydrogen-bond donors (Lipinski definition) is 2. The standard InChI is InChI=1S/C18H30N6O2/c1-5-26-18(25)24-11-8-15(9-12-24)22-17(19-2)21-13-14-7-6-10-20-16(14)23(3)4/h6-7,10,15H,5,8-9,11-13H2,1-4H3,(H2,19,21,22). The largest absolute Gasteiger partial charge is 0.450 e. The van der Waals surface area contributed by atoms with Crippen LogP contribution in [0, 0.1) is 0 Å². The lowest BCUT2D eigenvalue weighted by Gasteiger charge is -2.32. The third-order valence-electron chi connectivity index (χ3n) is 4.32. The molecule has 1 fully saturated rings. The number of nitrogens with zero attached hydrogens (tertiary/aromatic N) is 4. The molecular formula is C18H30N6O2. The van der Waals surface area contributed by atoms with E-state index in [1.54, 1.807) is 18.1 Å². The zero-order chi connectivity index (χ0) is 18.9. The fourth-order valence-electron chi connectivity index (χ4n) is 2.96. The lowest BCUT2D eigenvalue weighted by molar-refractivity contribution is 0.0963. The van der Waals surface area contributed by atoms with Gasteiger partial charge in [-0.05, 0) is 25.8 Å². The minimum absolute atomic E-state index is 0.221. The Kier molecular flexibility index (Phi) is 7.50. The predicted octanol–water partition coefficient (Wildman–Crippen LogP) is 1.43. The van der Waals surface area contributed by atoms with Gasteiger partial charge in [0, 0.05) is 58.6 Å². The highest BCUT2D eigenvalue weighted by molar-refractivity contribution is 5.80. The molecule has 1 saturated heterocycles. The molecule has 1 aromatic rings. The summed E-state index contributed by atoms with van der Waals surface area (Å²) >= 11 is 0. The van der Waals surface area contributed by atoms with Gasteiger partial charge in [0.1, 0.15) is 5.82 Å². The number of hydrogen-bond acceptors (Lipinski definition) is 5. The van der Waals surface area contributed by atoms with Crippen molar-refractivity contribution in [3.05, 3.63) is 23.9 Å². The van der Waals surface area contributed by atoms with Gasteiger partial charge in [-0.3, -0.25) is 4.99 Å². The van der Waals surface area contributed by atoms with Gasteiger partial charge in [0.15, 0.2) is 5.96 Å². The average Bonchev–Trinajstić information content (AvgIpc) is 2.66. The smallest absolute Gasteiger partial charge is 0.409 e. The van der Waals surface area contributed by atoms with Crippen LogP contribution >= 0.6 is 0 Å². The van der Waals surface area contributed by atoms with E-state index in [-0.39, 0.29) is 12.1 Å². The number of rotatable bonds is 5. The average molecular weight is 362 g/mol. The van der Waals surface area contributed by atoms with Crippen molar-refractivity contribution < 1.29 is 9.53 Å². The fourth-order valence-corrected chi connectivity index (χ4v) is 2.96. The molecule has 0 bridgehead atoms. The van der Waals surface area contributed by atoms with Gasteiger partial charge in [-0.25, -0.2) is 9.78 Å². The number of aliphatic imine (C=N–C) groups is 1. The topological polar surface area (TPSA) is 82.1 Å². The van der Waals surface area contributed by atoms with Crippen LogP contribution < -0.4 is 15.5 Å². The molecule has 144 valence electrons. The Morgan fingerprint density at radius 2 is 2.15 bits per heavy atom. The van der Waals surface area contributed by atoms with E-state index < -0.39 is 0 Å². The van der Waals surface area contributed by atoms with E-state index >= 15 is 0 Å². The Balaban J connectivity index is 1.83. The minimum atomic E-state index is -0.221. The number of aromatic nitrogens is 1. The first-order valence-corrected chi connectivity index (χ1v) is 9.05. The van der Waals surface area contributed by atoms with E-state index in [2.05, 4.69) is 26.7 Å². The summed E-state index contributed by atoms with van der Waals surface area (Å²) in [5.41, 5.74) is 1.11. The summed E-state index contributed by atoms with van der Waals surface area (Å²) in [6.07, 6.45) is 3.31. The van der Waals surface area contributed by atoms with Gasteiger partial charge in [-0.1, -0.05) is 6.07 Å². The van der Waals surface area contributed by atoms with Crippen LogP contribution in [0.4, 0.5) is 10.6 Å². The SMILES string of the molecule is CCOC(=O)N1CCC(NC(=NC)NCc2cccnc2N(C)C)CC1. The Labute approximate surface area is 155 Å². The van der Waals surface area contributed by atoms with Crippen molar-refractivity contribution in [1.82, 2.24) is 20.5 Å². The Bertz CT molecular complexity index is 611. The second-order valence-corrected chi connectivity index (χ2v) is 6.41. The second kappa shape index (κ2) is 9.84. The molecule has 2 N–H and O–H groups in total. The van der Waals surface area contributed by atoms with Gasteiger partial charge in [0.25, 0.3) is 0 Å². The highest BCUT2D eigenvalue weighted by Gasteiger charge is 2.24. The summed E-state index contributed by atoms with van der Waals surface area (Å²) in [6, 6.07) is 4.28. The highest BCUT2D eigenvalue weighted by atomic mass is 16.6. The van der Waals surface area contributed by atoms with Crippen molar-refractivity contribution in [1.29, 1.82) is 0 Å². The van der Waals surface area contributed by atoms with Gasteiger partial charge < -0.3 is 25.2 Å². The third-order valence-corrected chi connectivity index (χ3v) is 4.32. The molecule has 0 aromatic carbocycles. The van der Waals surface area contributed by atoms with Gasteiger partial charge in [-0.2, -0.15) is 0 Å². The van der Waals surface area contributed by atoms with Crippen molar-refractivity contribution >= 4 is 17.9 Å². The molecule has 0 aliphatic carbocycles. The number of carbonyl (C=O) groups is 1. The molecule has 0 radical (unpaired) electrons. The number of nitrogens with one attached hydrogen (secondary N) is 2. The van der Waals surface area contributed by atoms with E-state index in [9.17, 15) is 4.79 Å². The summed E-state index contributed by atoms with van der Waals surface area (Å²) in [5.74, 6) is 1.70. The Morgan fingerprint density at radius 3 is 2.77 bits per heavy atom. The number of amides is 1. The molecule has 0 unspecified atom stereocenters. The lowest BCUT2D eigenvalue weighted by Crippen LogP contribution is -2.49. The summed E-state index contributed by atoms with van der Waals surface area (Å²) < 4.78 is 5.06. The quantitative estimate of drug-likeness (QED) is 0.609. The van der Waals surface area contributed by atoms with Gasteiger partial charge in [-0.15, -0.1) is 0 Å². The molecule has 8 nitrogen and oxygen atoms in total. The van der Waals surface area contributed by atoms with Crippen molar-refractivity contribution in [2.75, 3.05) is 45.7 Å². The van der Waals surface area contributed by atoms with E-state index in [1.807, 2.05) is 32.0 Å². The van der Waals surface area contributed by atoms with Crippen LogP contribution in [0.3, 0.4) is 0 Å². The van der Waals surface area contributed by atoms with Crippen LogP contribution in [0.1, 0.15) is 25.3 Å². The molecule has 1 amide bonds. The fraction of sp³-hybridized carbons (Fsp3) is 0.611. The molecule has 1 aromatic heterocycles. The number of guanidine groups is 1. The highest BCUT2D eigenvalue weighted by Crippen LogP contribution is 2.14. The van der Waals surface area contributed by atoms with Gasteiger partial charge >= 0.3 is 6.09 Å². The normalized spacial score (nSPS) is 15.5. The molecule has 0 spiro atoms. The van der Waals surface area contributed by atoms with Crippen LogP contribution in [-0.4, -0.2) is 68.8 Å². The van der Waals surface area contributed by atoms with Crippen molar-refractivity contribution in [2.24, 2.45) is 4.99 Å². The molecule has 0 atom stereocenters. The van der Waals surface area contributed by atoms with Crippen molar-refractivity contribution in [3.63, 3.8) is 0 Å². The molecule has 2 rings (SSSR count). The third kappa shape index (κ3) is 5.50. The first-order valence-electron chi connectivity index (χ1n) is 9.05. The zero-order valence-electron chi connectivity index (χ0n) is 16.2. The van der Waals surface area contributed by atoms with E-state index in [1.165, 1.54) is 0 Å². The maximum Gasteiger partial charge on any atom is 0.409 e. The number of piperidine rings is 1. The summed E-state index contributed by atoms with van der Waals surface area (Å²) in [6.45, 7) is 4.27. The van der Waals surface area contributed by atoms with Crippen LogP contribution in [0.2, 0.25) is 0 Å². The van der Waals surface area contributed by atoms with Gasteiger partial charge in [0.2, 0.25) is 0 Å². The van der Waals surface area contributed by atoms with E-state index in [4.69, 9.17) is 4.74 Å². The van der Waals surface area contributed by atoms with Crippen LogP contribution in [0.25, 0.3) is 0 Å². The van der Waals surface area contributed by atoms with E-state index in [0.717, 1.165) is 30.2 Å². The number of ether oxygens (including phenoxy) is 1. The van der Waals surface area contributed by atoms with E-state index in [0.29, 0.717) is 26.2 Å². The summed E-state index contributed by atoms with van der Waals surface area (Å²) in [4.78, 5) is 24.3. The van der Waals surface area contributed by atoms with Crippen LogP contribution in [0.5, 0.6) is 0 Å². The number of anilines is 1.